The first-order chi connectivity index (χ1) is 11.0. The van der Waals surface area contributed by atoms with Gasteiger partial charge in [0.1, 0.15) is 0 Å². The Morgan fingerprint density at radius 3 is 1.71 bits per heavy atom. The zero-order valence-electron chi connectivity index (χ0n) is 12.5. The van der Waals surface area contributed by atoms with Crippen LogP contribution in [-0.2, 0) is 14.3 Å². The van der Waals surface area contributed by atoms with Crippen LogP contribution < -0.4 is 16.4 Å². The highest BCUT2D eigenvalue weighted by Crippen LogP contribution is 2.37. The molecule has 8 nitrogen and oxygen atoms in total. The summed E-state index contributed by atoms with van der Waals surface area (Å²) < 4.78 is 5.81. The fourth-order valence-electron chi connectivity index (χ4n) is 1.76. The highest BCUT2D eigenvalue weighted by Gasteiger charge is 2.29. The number of anilines is 1. The number of ether oxygens (including phenoxy) is 1. The molecular weight excluding hydrogens is 659 g/mol. The summed E-state index contributed by atoms with van der Waals surface area (Å²) in [4.78, 5) is 47.8. The molecule has 0 bridgehead atoms. The van der Waals surface area contributed by atoms with Crippen LogP contribution in [-0.4, -0.2) is 37.3 Å². The second-order valence-electron chi connectivity index (χ2n) is 4.50. The Morgan fingerprint density at radius 1 is 0.958 bits per heavy atom. The largest absolute Gasteiger partial charge is 0.456 e. The average molecular weight is 671 g/mol. The number of esters is 1. The van der Waals surface area contributed by atoms with E-state index in [1.165, 1.54) is 18.9 Å². The van der Waals surface area contributed by atoms with E-state index in [2.05, 4.69) is 4.74 Å². The predicted octanol–water partition coefficient (Wildman–Crippen LogP) is 1.22. The first kappa shape index (κ1) is 21.3. The summed E-state index contributed by atoms with van der Waals surface area (Å²) in [5, 5.41) is 0. The maximum atomic E-state index is 12.2. The van der Waals surface area contributed by atoms with Gasteiger partial charge < -0.3 is 21.1 Å². The minimum absolute atomic E-state index is 0.104. The number of carbonyl (C=O) groups is 4. The Balaban J connectivity index is 3.57. The fraction of sp³-hybridized carbons (Fsp3) is 0.231. The summed E-state index contributed by atoms with van der Waals surface area (Å²) >= 11 is 5.57. The van der Waals surface area contributed by atoms with Crippen molar-refractivity contribution in [2.45, 2.75) is 6.92 Å². The molecule has 0 heterocycles. The van der Waals surface area contributed by atoms with E-state index in [-0.39, 0.29) is 11.1 Å². The predicted molar refractivity (Wildman–Crippen MR) is 112 cm³/mol. The number of hydrogen-bond acceptors (Lipinski definition) is 5. The minimum atomic E-state index is -0.746. The smallest absolute Gasteiger partial charge is 0.303 e. The molecule has 0 saturated carbocycles. The summed E-state index contributed by atoms with van der Waals surface area (Å²) in [5.41, 5.74) is 11.3. The van der Waals surface area contributed by atoms with Crippen molar-refractivity contribution in [2.75, 3.05) is 18.6 Å². The Labute approximate surface area is 178 Å². The summed E-state index contributed by atoms with van der Waals surface area (Å²) in [5.74, 6) is -2.62. The number of likely N-dealkylation sites (N-methyl/N-ethyl adjacent to an activating group) is 1. The third-order valence-corrected chi connectivity index (χ3v) is 6.07. The minimum Gasteiger partial charge on any atom is -0.456 e. The van der Waals surface area contributed by atoms with Crippen molar-refractivity contribution in [2.24, 2.45) is 11.5 Å². The second-order valence-corrected chi connectivity index (χ2v) is 7.74. The third-order valence-electron chi connectivity index (χ3n) is 2.89. The molecule has 0 fully saturated rings. The van der Waals surface area contributed by atoms with Crippen molar-refractivity contribution in [3.8, 4) is 0 Å². The Bertz CT molecular complexity index is 710. The van der Waals surface area contributed by atoms with Gasteiger partial charge in [-0.15, -0.1) is 0 Å². The van der Waals surface area contributed by atoms with E-state index in [4.69, 9.17) is 11.5 Å². The van der Waals surface area contributed by atoms with Gasteiger partial charge in [0.25, 0.3) is 17.7 Å². The van der Waals surface area contributed by atoms with E-state index in [0.29, 0.717) is 16.4 Å². The molecule has 11 heteroatoms. The quantitative estimate of drug-likeness (QED) is 0.359. The van der Waals surface area contributed by atoms with Crippen molar-refractivity contribution >= 4 is 97.2 Å². The van der Waals surface area contributed by atoms with Crippen LogP contribution in [0.15, 0.2) is 0 Å². The molecule has 4 N–H and O–H groups in total. The maximum Gasteiger partial charge on any atom is 0.303 e. The number of rotatable bonds is 5. The van der Waals surface area contributed by atoms with Crippen LogP contribution in [0.3, 0.4) is 0 Å². The van der Waals surface area contributed by atoms with Gasteiger partial charge in [0.2, 0.25) is 0 Å². The highest BCUT2D eigenvalue weighted by molar-refractivity contribution is 14.1. The van der Waals surface area contributed by atoms with Crippen LogP contribution in [0.1, 0.15) is 27.6 Å². The molecule has 0 aliphatic carbocycles. The maximum absolute atomic E-state index is 12.2. The molecule has 0 unspecified atom stereocenters. The van der Waals surface area contributed by atoms with Gasteiger partial charge in [-0.05, 0) is 67.8 Å². The van der Waals surface area contributed by atoms with Crippen LogP contribution in [0, 0.1) is 10.7 Å². The average Bonchev–Trinajstić information content (AvgIpc) is 2.43. The monoisotopic (exact) mass is 671 g/mol. The standard InChI is InChI=1S/C13H12I3N3O5/c1-4(20)24-3-5(21)19(2)11-9(15)6(12(17)22)8(14)7(10(11)16)13(18)23/h3H2,1-2H3,(H2,17,22)(H2,18,23). The van der Waals surface area contributed by atoms with Gasteiger partial charge in [-0.1, -0.05) is 0 Å². The number of amides is 3. The number of halogens is 3. The van der Waals surface area contributed by atoms with Gasteiger partial charge in [-0.2, -0.15) is 0 Å². The topological polar surface area (TPSA) is 133 Å². The van der Waals surface area contributed by atoms with E-state index >= 15 is 0 Å². The van der Waals surface area contributed by atoms with Crippen molar-refractivity contribution in [1.29, 1.82) is 0 Å². The zero-order valence-corrected chi connectivity index (χ0v) is 19.0. The third kappa shape index (κ3) is 4.47. The molecule has 1 aromatic carbocycles. The summed E-state index contributed by atoms with van der Waals surface area (Å²) in [6.45, 7) is 0.712. The van der Waals surface area contributed by atoms with E-state index in [0.717, 1.165) is 0 Å². The van der Waals surface area contributed by atoms with Gasteiger partial charge in [0.05, 0.1) is 24.0 Å². The molecule has 0 atom stereocenters. The molecular formula is C13H12I3N3O5. The molecule has 3 amide bonds. The molecule has 0 aromatic heterocycles. The van der Waals surface area contributed by atoms with Crippen molar-refractivity contribution in [3.63, 3.8) is 0 Å². The van der Waals surface area contributed by atoms with E-state index in [1.807, 2.05) is 67.8 Å². The molecule has 130 valence electrons. The first-order valence-electron chi connectivity index (χ1n) is 6.20. The number of carbonyl (C=O) groups excluding carboxylic acids is 4. The lowest BCUT2D eigenvalue weighted by Gasteiger charge is -2.24. The van der Waals surface area contributed by atoms with E-state index in [9.17, 15) is 19.2 Å². The van der Waals surface area contributed by atoms with Crippen molar-refractivity contribution in [3.05, 3.63) is 21.8 Å². The lowest BCUT2D eigenvalue weighted by atomic mass is 10.1. The van der Waals surface area contributed by atoms with Crippen LogP contribution in [0.4, 0.5) is 5.69 Å². The lowest BCUT2D eigenvalue weighted by molar-refractivity contribution is -0.145. The van der Waals surface area contributed by atoms with Crippen LogP contribution >= 0.6 is 67.8 Å². The van der Waals surface area contributed by atoms with Gasteiger partial charge in [-0.3, -0.25) is 19.2 Å². The Kier molecular flexibility index (Phi) is 7.64. The van der Waals surface area contributed by atoms with Gasteiger partial charge in [-0.25, -0.2) is 0 Å². The molecule has 0 radical (unpaired) electrons. The van der Waals surface area contributed by atoms with Crippen molar-refractivity contribution < 1.29 is 23.9 Å². The SMILES string of the molecule is CC(=O)OCC(=O)N(C)c1c(I)c(C(N)=O)c(I)c(C(N)=O)c1I. The summed E-state index contributed by atoms with van der Waals surface area (Å²) in [7, 11) is 1.44. The summed E-state index contributed by atoms with van der Waals surface area (Å²) in [6.07, 6.45) is 0. The molecule has 1 aromatic rings. The number of primary amides is 2. The van der Waals surface area contributed by atoms with E-state index < -0.39 is 30.3 Å². The number of nitrogens with two attached hydrogens (primary N) is 2. The normalized spacial score (nSPS) is 10.2. The van der Waals surface area contributed by atoms with E-state index in [1.54, 1.807) is 0 Å². The molecule has 0 aliphatic heterocycles. The molecule has 0 aliphatic rings. The van der Waals surface area contributed by atoms with Gasteiger partial charge in [0, 0.05) is 17.5 Å². The summed E-state index contributed by atoms with van der Waals surface area (Å²) in [6, 6.07) is 0. The molecule has 24 heavy (non-hydrogen) atoms. The fourth-order valence-corrected chi connectivity index (χ4v) is 6.72. The number of nitrogens with zero attached hydrogens (tertiary/aromatic N) is 1. The van der Waals surface area contributed by atoms with Gasteiger partial charge >= 0.3 is 5.97 Å². The zero-order chi connectivity index (χ0) is 18.8. The molecule has 1 rings (SSSR count). The van der Waals surface area contributed by atoms with Crippen LogP contribution in [0.2, 0.25) is 0 Å². The Hall–Kier alpha value is -0.710. The van der Waals surface area contributed by atoms with Gasteiger partial charge in [0.15, 0.2) is 6.61 Å². The molecule has 0 spiro atoms. The van der Waals surface area contributed by atoms with Crippen LogP contribution in [0.25, 0.3) is 0 Å². The highest BCUT2D eigenvalue weighted by atomic mass is 127. The number of benzene rings is 1. The Morgan fingerprint density at radius 2 is 1.38 bits per heavy atom. The second kappa shape index (κ2) is 8.59. The lowest BCUT2D eigenvalue weighted by Crippen LogP contribution is -2.34. The first-order valence-corrected chi connectivity index (χ1v) is 9.44. The van der Waals surface area contributed by atoms with Crippen LogP contribution in [0.5, 0.6) is 0 Å². The number of hydrogen-bond donors (Lipinski definition) is 2. The van der Waals surface area contributed by atoms with Crippen molar-refractivity contribution in [1.82, 2.24) is 0 Å². The molecule has 0 saturated heterocycles.